The molecule has 0 fully saturated rings. The van der Waals surface area contributed by atoms with Crippen LogP contribution in [0.3, 0.4) is 0 Å². The maximum absolute atomic E-state index is 13.0. The summed E-state index contributed by atoms with van der Waals surface area (Å²) in [5.74, 6) is 1.03. The van der Waals surface area contributed by atoms with Gasteiger partial charge in [-0.15, -0.1) is 0 Å². The lowest BCUT2D eigenvalue weighted by Gasteiger charge is -2.13. The largest absolute Gasteiger partial charge is 0.485 e. The number of halogens is 1. The highest BCUT2D eigenvalue weighted by atomic mass is 19.1. The van der Waals surface area contributed by atoms with Gasteiger partial charge >= 0.3 is 0 Å². The molecule has 0 heterocycles. The number of benzene rings is 3. The third-order valence-electron chi connectivity index (χ3n) is 3.38. The van der Waals surface area contributed by atoms with Crippen LogP contribution in [-0.4, -0.2) is 6.29 Å². The first-order valence-electron chi connectivity index (χ1n) is 7.44. The van der Waals surface area contributed by atoms with E-state index in [1.165, 1.54) is 24.3 Å². The van der Waals surface area contributed by atoms with Crippen molar-refractivity contribution < 1.29 is 18.7 Å². The van der Waals surface area contributed by atoms with Gasteiger partial charge in [0.25, 0.3) is 0 Å². The second kappa shape index (κ2) is 7.42. The van der Waals surface area contributed by atoms with E-state index in [-0.39, 0.29) is 5.82 Å². The zero-order valence-electron chi connectivity index (χ0n) is 12.8. The molecule has 3 aromatic carbocycles. The topological polar surface area (TPSA) is 35.5 Å². The van der Waals surface area contributed by atoms with Crippen molar-refractivity contribution in [3.63, 3.8) is 0 Å². The average Bonchev–Trinajstić information content (AvgIpc) is 2.63. The van der Waals surface area contributed by atoms with Gasteiger partial charge in [-0.25, -0.2) is 4.39 Å². The number of carbonyl (C=O) groups is 1. The van der Waals surface area contributed by atoms with Gasteiger partial charge in [0.05, 0.1) is 0 Å². The lowest BCUT2D eigenvalue weighted by atomic mass is 10.2. The molecular formula is C20H15FO3. The Morgan fingerprint density at radius 2 is 1.62 bits per heavy atom. The Balaban J connectivity index is 1.82. The summed E-state index contributed by atoms with van der Waals surface area (Å²) in [6, 6.07) is 20.3. The Hall–Kier alpha value is -3.14. The maximum Gasteiger partial charge on any atom is 0.170 e. The minimum atomic E-state index is -0.343. The van der Waals surface area contributed by atoms with Crippen molar-refractivity contribution in [1.29, 1.82) is 0 Å². The summed E-state index contributed by atoms with van der Waals surface area (Å²) in [6.07, 6.45) is 0.735. The molecule has 3 rings (SSSR count). The second-order valence-electron chi connectivity index (χ2n) is 5.15. The molecule has 0 saturated heterocycles. The SMILES string of the molecule is O=Cc1ccc(OCc2ccccc2)c(Oc2ccc(F)cc2)c1. The highest BCUT2D eigenvalue weighted by Crippen LogP contribution is 2.33. The molecule has 0 radical (unpaired) electrons. The van der Waals surface area contributed by atoms with Crippen molar-refractivity contribution >= 4 is 6.29 Å². The molecule has 4 heteroatoms. The number of hydrogen-bond acceptors (Lipinski definition) is 3. The summed E-state index contributed by atoms with van der Waals surface area (Å²) in [6.45, 7) is 0.376. The zero-order chi connectivity index (χ0) is 16.8. The van der Waals surface area contributed by atoms with Gasteiger partial charge < -0.3 is 9.47 Å². The van der Waals surface area contributed by atoms with Crippen LogP contribution in [0.4, 0.5) is 4.39 Å². The standard InChI is InChI=1S/C20H15FO3/c21-17-7-9-18(10-8-17)24-20-12-16(13-22)6-11-19(20)23-14-15-4-2-1-3-5-15/h1-13H,14H2. The van der Waals surface area contributed by atoms with Gasteiger partial charge in [-0.1, -0.05) is 30.3 Å². The van der Waals surface area contributed by atoms with Gasteiger partial charge in [-0.2, -0.15) is 0 Å². The molecule has 0 amide bonds. The predicted molar refractivity (Wildman–Crippen MR) is 89.1 cm³/mol. The van der Waals surface area contributed by atoms with E-state index in [1.807, 2.05) is 30.3 Å². The lowest BCUT2D eigenvalue weighted by Crippen LogP contribution is -1.98. The van der Waals surface area contributed by atoms with Crippen LogP contribution in [0.15, 0.2) is 72.8 Å². The van der Waals surface area contributed by atoms with E-state index in [0.717, 1.165) is 11.8 Å². The molecule has 0 atom stereocenters. The van der Waals surface area contributed by atoms with E-state index in [4.69, 9.17) is 9.47 Å². The molecule has 0 spiro atoms. The first-order chi connectivity index (χ1) is 11.7. The van der Waals surface area contributed by atoms with E-state index in [2.05, 4.69) is 0 Å². The van der Waals surface area contributed by atoms with Crippen LogP contribution in [0.2, 0.25) is 0 Å². The maximum atomic E-state index is 13.0. The fourth-order valence-electron chi connectivity index (χ4n) is 2.16. The summed E-state index contributed by atoms with van der Waals surface area (Å²) in [7, 11) is 0. The first kappa shape index (κ1) is 15.7. The van der Waals surface area contributed by atoms with E-state index in [9.17, 15) is 9.18 Å². The second-order valence-corrected chi connectivity index (χ2v) is 5.15. The predicted octanol–water partition coefficient (Wildman–Crippen LogP) is 5.01. The highest BCUT2D eigenvalue weighted by molar-refractivity contribution is 5.76. The molecule has 0 aliphatic carbocycles. The molecule has 24 heavy (non-hydrogen) atoms. The minimum Gasteiger partial charge on any atom is -0.485 e. The number of aldehydes is 1. The van der Waals surface area contributed by atoms with Crippen LogP contribution in [0.25, 0.3) is 0 Å². The summed E-state index contributed by atoms with van der Waals surface area (Å²) in [5.41, 5.74) is 1.49. The molecule has 0 aromatic heterocycles. The molecule has 0 saturated carbocycles. The molecule has 3 nitrogen and oxygen atoms in total. The summed E-state index contributed by atoms with van der Waals surface area (Å²) >= 11 is 0. The van der Waals surface area contributed by atoms with Gasteiger partial charge in [0, 0.05) is 5.56 Å². The average molecular weight is 322 g/mol. The third kappa shape index (κ3) is 3.98. The minimum absolute atomic E-state index is 0.343. The van der Waals surface area contributed by atoms with Crippen LogP contribution in [0.5, 0.6) is 17.2 Å². The third-order valence-corrected chi connectivity index (χ3v) is 3.38. The highest BCUT2D eigenvalue weighted by Gasteiger charge is 2.09. The van der Waals surface area contributed by atoms with Crippen molar-refractivity contribution in [2.24, 2.45) is 0 Å². The first-order valence-corrected chi connectivity index (χ1v) is 7.44. The Bertz CT molecular complexity index is 814. The molecule has 120 valence electrons. The normalized spacial score (nSPS) is 10.2. The van der Waals surface area contributed by atoms with Gasteiger partial charge in [0.1, 0.15) is 24.5 Å². The number of carbonyl (C=O) groups excluding carboxylic acids is 1. The fourth-order valence-corrected chi connectivity index (χ4v) is 2.16. The number of rotatable bonds is 6. The van der Waals surface area contributed by atoms with Crippen molar-refractivity contribution in [3.8, 4) is 17.2 Å². The molecule has 3 aromatic rings. The van der Waals surface area contributed by atoms with Crippen molar-refractivity contribution in [2.75, 3.05) is 0 Å². The van der Waals surface area contributed by atoms with Crippen LogP contribution in [0, 0.1) is 5.82 Å². The summed E-state index contributed by atoms with van der Waals surface area (Å²) in [4.78, 5) is 11.0. The lowest BCUT2D eigenvalue weighted by molar-refractivity contribution is 0.112. The molecule has 0 aliphatic heterocycles. The zero-order valence-corrected chi connectivity index (χ0v) is 12.8. The van der Waals surface area contributed by atoms with Crippen LogP contribution in [-0.2, 0) is 6.61 Å². The Kier molecular flexibility index (Phi) is 4.87. The van der Waals surface area contributed by atoms with Crippen LogP contribution >= 0.6 is 0 Å². The van der Waals surface area contributed by atoms with Crippen LogP contribution < -0.4 is 9.47 Å². The Labute approximate surface area is 139 Å². The summed E-state index contributed by atoms with van der Waals surface area (Å²) < 4.78 is 24.6. The molecular weight excluding hydrogens is 307 g/mol. The van der Waals surface area contributed by atoms with E-state index >= 15 is 0 Å². The smallest absolute Gasteiger partial charge is 0.170 e. The van der Waals surface area contributed by atoms with E-state index in [0.29, 0.717) is 29.4 Å². The quantitative estimate of drug-likeness (QED) is 0.598. The molecule has 0 aliphatic rings. The van der Waals surface area contributed by atoms with Crippen molar-refractivity contribution in [3.05, 3.63) is 89.7 Å². The Morgan fingerprint density at radius 1 is 0.875 bits per heavy atom. The van der Waals surface area contributed by atoms with Gasteiger partial charge in [-0.05, 0) is 48.0 Å². The monoisotopic (exact) mass is 322 g/mol. The Morgan fingerprint density at radius 3 is 2.33 bits per heavy atom. The molecule has 0 unspecified atom stereocenters. The van der Waals surface area contributed by atoms with Crippen molar-refractivity contribution in [2.45, 2.75) is 6.61 Å². The molecule has 0 N–H and O–H groups in total. The van der Waals surface area contributed by atoms with Gasteiger partial charge in [0.15, 0.2) is 11.5 Å². The summed E-state index contributed by atoms with van der Waals surface area (Å²) in [5, 5.41) is 0. The van der Waals surface area contributed by atoms with Crippen LogP contribution in [0.1, 0.15) is 15.9 Å². The van der Waals surface area contributed by atoms with Crippen molar-refractivity contribution in [1.82, 2.24) is 0 Å². The van der Waals surface area contributed by atoms with Gasteiger partial charge in [0.2, 0.25) is 0 Å². The van der Waals surface area contributed by atoms with E-state index in [1.54, 1.807) is 18.2 Å². The van der Waals surface area contributed by atoms with E-state index < -0.39 is 0 Å². The molecule has 0 bridgehead atoms. The number of hydrogen-bond donors (Lipinski definition) is 0. The fraction of sp³-hybridized carbons (Fsp3) is 0.0500. The van der Waals surface area contributed by atoms with Gasteiger partial charge in [-0.3, -0.25) is 4.79 Å². The number of ether oxygens (including phenoxy) is 2.